The van der Waals surface area contributed by atoms with Crippen LogP contribution in [0.25, 0.3) is 22.2 Å². The maximum Gasteiger partial charge on any atom is 0.416 e. The van der Waals surface area contributed by atoms with Gasteiger partial charge in [-0.1, -0.05) is 32.0 Å². The van der Waals surface area contributed by atoms with E-state index in [2.05, 4.69) is 35.6 Å². The molecule has 9 nitrogen and oxygen atoms in total. The number of carboxylic acid groups (broad SMARTS) is 1. The molecular weight excluding hydrogens is 537 g/mol. The standard InChI is InChI=1S/C27H27F3N6O.C2H4O2/c1-26(2)12-11-20(26)21-14-19(22-23(31)35-36(3)24(22)34-21)15-7-9-17(10-8-15)32-25(37)33-18-6-4-5-16(13-18)27(28,29)30;1-2(3)4/h4-10,13-14,20H,11-12H2,1-3H3,(H2,31,35)(H2,32,33,37);1H3,(H,3,4)/t20-;/m1./s1. The zero-order valence-electron chi connectivity index (χ0n) is 23.0. The number of carboxylic acids is 1. The first-order valence-corrected chi connectivity index (χ1v) is 12.8. The van der Waals surface area contributed by atoms with E-state index in [9.17, 15) is 18.0 Å². The highest BCUT2D eigenvalue weighted by Gasteiger charge is 2.40. The number of nitrogen functional groups attached to an aromatic ring is 1. The number of aliphatic carboxylic acids is 1. The molecule has 12 heteroatoms. The van der Waals surface area contributed by atoms with Crippen molar-refractivity contribution in [1.29, 1.82) is 0 Å². The summed E-state index contributed by atoms with van der Waals surface area (Å²) in [6.07, 6.45) is -2.28. The molecule has 1 fully saturated rings. The van der Waals surface area contributed by atoms with Crippen molar-refractivity contribution in [2.75, 3.05) is 16.4 Å². The number of anilines is 3. The highest BCUT2D eigenvalue weighted by Crippen LogP contribution is 2.52. The van der Waals surface area contributed by atoms with Crippen LogP contribution in [0.1, 0.15) is 50.8 Å². The van der Waals surface area contributed by atoms with Crippen molar-refractivity contribution >= 4 is 40.2 Å². The van der Waals surface area contributed by atoms with Crippen LogP contribution in [-0.4, -0.2) is 31.9 Å². The van der Waals surface area contributed by atoms with Crippen LogP contribution in [0.3, 0.4) is 0 Å². The number of aromatic nitrogens is 3. The molecule has 2 aromatic carbocycles. The molecule has 0 unspecified atom stereocenters. The molecule has 0 aliphatic heterocycles. The monoisotopic (exact) mass is 568 g/mol. The molecule has 0 radical (unpaired) electrons. The zero-order chi connectivity index (χ0) is 30.1. The third-order valence-corrected chi connectivity index (χ3v) is 7.12. The summed E-state index contributed by atoms with van der Waals surface area (Å²) in [4.78, 5) is 26.3. The highest BCUT2D eigenvalue weighted by molar-refractivity contribution is 6.02. The topological polar surface area (TPSA) is 135 Å². The van der Waals surface area contributed by atoms with E-state index < -0.39 is 23.7 Å². The lowest BCUT2D eigenvalue weighted by molar-refractivity contribution is -0.137. The van der Waals surface area contributed by atoms with Gasteiger partial charge in [0.15, 0.2) is 11.5 Å². The van der Waals surface area contributed by atoms with Gasteiger partial charge >= 0.3 is 12.2 Å². The van der Waals surface area contributed by atoms with E-state index in [1.54, 1.807) is 16.8 Å². The largest absolute Gasteiger partial charge is 0.481 e. The fraction of sp³-hybridized carbons (Fsp3) is 0.310. The number of hydrogen-bond donors (Lipinski definition) is 4. The van der Waals surface area contributed by atoms with Gasteiger partial charge in [0.2, 0.25) is 0 Å². The summed E-state index contributed by atoms with van der Waals surface area (Å²) in [6, 6.07) is 13.1. The predicted molar refractivity (Wildman–Crippen MR) is 152 cm³/mol. The van der Waals surface area contributed by atoms with Crippen molar-refractivity contribution in [2.24, 2.45) is 12.5 Å². The first-order chi connectivity index (χ1) is 19.2. The van der Waals surface area contributed by atoms with Crippen LogP contribution >= 0.6 is 0 Å². The lowest BCUT2D eigenvalue weighted by Gasteiger charge is -2.44. The number of nitrogens with one attached hydrogen (secondary N) is 2. The normalized spacial score (nSPS) is 15.8. The Labute approximate surface area is 234 Å². The number of nitrogens with zero attached hydrogens (tertiary/aromatic N) is 3. The van der Waals surface area contributed by atoms with Crippen LogP contribution in [0.2, 0.25) is 0 Å². The number of pyridine rings is 1. The first-order valence-electron chi connectivity index (χ1n) is 12.8. The average molecular weight is 569 g/mol. The van der Waals surface area contributed by atoms with Gasteiger partial charge in [-0.25, -0.2) is 14.5 Å². The minimum atomic E-state index is -4.49. The number of amides is 2. The fourth-order valence-corrected chi connectivity index (χ4v) is 4.92. The van der Waals surface area contributed by atoms with Gasteiger partial charge in [-0.2, -0.15) is 18.3 Å². The minimum absolute atomic E-state index is 0.0432. The van der Waals surface area contributed by atoms with Crippen LogP contribution in [-0.2, 0) is 18.0 Å². The van der Waals surface area contributed by atoms with Crippen molar-refractivity contribution in [2.45, 2.75) is 45.7 Å². The Morgan fingerprint density at radius 2 is 1.71 bits per heavy atom. The van der Waals surface area contributed by atoms with E-state index in [1.807, 2.05) is 19.2 Å². The van der Waals surface area contributed by atoms with E-state index in [0.29, 0.717) is 17.4 Å². The summed E-state index contributed by atoms with van der Waals surface area (Å²) in [5.74, 6) is -0.102. The number of rotatable bonds is 4. The van der Waals surface area contributed by atoms with E-state index in [-0.39, 0.29) is 11.1 Å². The fourth-order valence-electron chi connectivity index (χ4n) is 4.92. The maximum atomic E-state index is 12.9. The second-order valence-corrected chi connectivity index (χ2v) is 10.6. The number of fused-ring (bicyclic) bond motifs is 1. The van der Waals surface area contributed by atoms with Crippen molar-refractivity contribution in [1.82, 2.24) is 14.8 Å². The van der Waals surface area contributed by atoms with Gasteiger partial charge in [-0.05, 0) is 65.8 Å². The molecule has 41 heavy (non-hydrogen) atoms. The van der Waals surface area contributed by atoms with Crippen molar-refractivity contribution in [3.8, 4) is 11.1 Å². The second-order valence-electron chi connectivity index (χ2n) is 10.6. The smallest absolute Gasteiger partial charge is 0.416 e. The molecule has 1 aliphatic carbocycles. The predicted octanol–water partition coefficient (Wildman–Crippen LogP) is 6.87. The van der Waals surface area contributed by atoms with Gasteiger partial charge in [0.05, 0.1) is 10.9 Å². The van der Waals surface area contributed by atoms with Crippen molar-refractivity contribution in [3.05, 3.63) is 65.9 Å². The molecule has 2 heterocycles. The first kappa shape index (κ1) is 29.4. The minimum Gasteiger partial charge on any atom is -0.481 e. The number of carbonyl (C=O) groups is 2. The number of urea groups is 1. The van der Waals surface area contributed by atoms with Crippen LogP contribution in [0, 0.1) is 5.41 Å². The number of aryl methyl sites for hydroxylation is 1. The Morgan fingerprint density at radius 3 is 2.27 bits per heavy atom. The quantitative estimate of drug-likeness (QED) is 0.212. The molecule has 0 saturated heterocycles. The Kier molecular flexibility index (Phi) is 7.96. The molecule has 0 spiro atoms. The van der Waals surface area contributed by atoms with Gasteiger partial charge in [0.25, 0.3) is 5.97 Å². The number of hydrogen-bond acceptors (Lipinski definition) is 5. The van der Waals surface area contributed by atoms with E-state index >= 15 is 0 Å². The van der Waals surface area contributed by atoms with E-state index in [1.165, 1.54) is 12.1 Å². The lowest BCUT2D eigenvalue weighted by Crippen LogP contribution is -2.33. The number of nitrogens with two attached hydrogens (primary N) is 1. The van der Waals surface area contributed by atoms with Crippen molar-refractivity contribution in [3.63, 3.8) is 0 Å². The summed E-state index contributed by atoms with van der Waals surface area (Å²) in [5.41, 5.74) is 9.62. The molecule has 1 saturated carbocycles. The molecule has 1 atom stereocenters. The molecule has 0 bridgehead atoms. The summed E-state index contributed by atoms with van der Waals surface area (Å²) in [6.45, 7) is 5.57. The van der Waals surface area contributed by atoms with Gasteiger partial charge in [0.1, 0.15) is 0 Å². The van der Waals surface area contributed by atoms with E-state index in [4.69, 9.17) is 20.6 Å². The molecular formula is C29H31F3N6O3. The number of alkyl halides is 3. The molecule has 216 valence electrons. The van der Waals surface area contributed by atoms with Gasteiger partial charge < -0.3 is 21.5 Å². The molecule has 5 rings (SSSR count). The summed E-state index contributed by atoms with van der Waals surface area (Å²) in [7, 11) is 1.82. The number of benzene rings is 2. The highest BCUT2D eigenvalue weighted by atomic mass is 19.4. The van der Waals surface area contributed by atoms with Crippen LogP contribution in [0.15, 0.2) is 54.6 Å². The SMILES string of the molecule is CC(=O)O.Cn1nc(N)c2c(-c3ccc(NC(=O)Nc4cccc(C(F)(F)F)c4)cc3)cc([C@H]3CCC3(C)C)nc21. The number of carbonyl (C=O) groups excluding carboxylic acids is 1. The Morgan fingerprint density at radius 1 is 1.07 bits per heavy atom. The summed E-state index contributed by atoms with van der Waals surface area (Å²) >= 11 is 0. The van der Waals surface area contributed by atoms with Gasteiger partial charge in [0, 0.05) is 37.0 Å². The van der Waals surface area contributed by atoms with E-state index in [0.717, 1.165) is 59.8 Å². The van der Waals surface area contributed by atoms with Crippen LogP contribution < -0.4 is 16.4 Å². The zero-order valence-corrected chi connectivity index (χ0v) is 23.0. The van der Waals surface area contributed by atoms with Gasteiger partial charge in [-0.15, -0.1) is 0 Å². The molecule has 1 aliphatic rings. The summed E-state index contributed by atoms with van der Waals surface area (Å²) in [5, 5.41) is 17.6. The Bertz CT molecular complexity index is 1590. The lowest BCUT2D eigenvalue weighted by atomic mass is 9.61. The third-order valence-electron chi connectivity index (χ3n) is 7.12. The average Bonchev–Trinajstić information content (AvgIpc) is 3.16. The summed E-state index contributed by atoms with van der Waals surface area (Å²) < 4.78 is 40.5. The second kappa shape index (κ2) is 11.1. The number of halogens is 3. The Hall–Kier alpha value is -4.61. The molecule has 2 amide bonds. The molecule has 4 aromatic rings. The van der Waals surface area contributed by atoms with Crippen LogP contribution in [0.4, 0.5) is 35.2 Å². The maximum absolute atomic E-state index is 12.9. The third kappa shape index (κ3) is 6.59. The van der Waals surface area contributed by atoms with Crippen LogP contribution in [0.5, 0.6) is 0 Å². The molecule has 5 N–H and O–H groups in total. The van der Waals surface area contributed by atoms with Gasteiger partial charge in [-0.3, -0.25) is 4.79 Å². The molecule has 2 aromatic heterocycles. The van der Waals surface area contributed by atoms with Crippen molar-refractivity contribution < 1.29 is 27.9 Å². The Balaban J connectivity index is 0.000000909.